The number of hydrogen-bond donors (Lipinski definition) is 3. The first kappa shape index (κ1) is 6.37. The van der Waals surface area contributed by atoms with Gasteiger partial charge in [0.15, 0.2) is 18.4 Å². The van der Waals surface area contributed by atoms with Crippen LogP contribution in [0.25, 0.3) is 0 Å². The largest absolute Gasteiger partial charge is 0.316 e. The van der Waals surface area contributed by atoms with Crippen molar-refractivity contribution in [1.29, 1.82) is 0 Å². The molecule has 3 nitrogen and oxygen atoms in total. The van der Waals surface area contributed by atoms with Gasteiger partial charge in [-0.25, -0.2) is 0 Å². The van der Waals surface area contributed by atoms with E-state index < -0.39 is 0 Å². The molecule has 0 aromatic heterocycles. The zero-order chi connectivity index (χ0) is 6.97. The summed E-state index contributed by atoms with van der Waals surface area (Å²) < 4.78 is 0. The van der Waals surface area contributed by atoms with Crippen molar-refractivity contribution >= 4 is 17.3 Å². The lowest BCUT2D eigenvalue weighted by atomic mass is 10.5. The Kier molecular flexibility index (Phi) is 1.50. The molecule has 56 valence electrons. The lowest BCUT2D eigenvalue weighted by Crippen LogP contribution is -3.18. The number of nitrogens with one attached hydrogen (secondary N) is 3. The maximum Gasteiger partial charge on any atom is 0.174 e. The van der Waals surface area contributed by atoms with Gasteiger partial charge in [-0.05, 0) is 12.2 Å². The highest BCUT2D eigenvalue weighted by Gasteiger charge is 2.34. The van der Waals surface area contributed by atoms with Gasteiger partial charge in [0.05, 0.1) is 6.04 Å². The SMILES string of the molecule is S=C1NC[NH+](C2CC2)CN1. The Bertz CT molecular complexity index is 145. The number of rotatable bonds is 1. The van der Waals surface area contributed by atoms with Gasteiger partial charge in [0.1, 0.15) is 0 Å². The molecule has 2 rings (SSSR count). The summed E-state index contributed by atoms with van der Waals surface area (Å²) in [6.07, 6.45) is 2.79. The van der Waals surface area contributed by atoms with E-state index in [1.165, 1.54) is 12.8 Å². The minimum absolute atomic E-state index is 0.810. The van der Waals surface area contributed by atoms with E-state index in [0.717, 1.165) is 24.5 Å². The van der Waals surface area contributed by atoms with Crippen molar-refractivity contribution in [3.05, 3.63) is 0 Å². The van der Waals surface area contributed by atoms with Crippen LogP contribution in [0, 0.1) is 0 Å². The van der Waals surface area contributed by atoms with Crippen LogP contribution in [0.2, 0.25) is 0 Å². The summed E-state index contributed by atoms with van der Waals surface area (Å²) in [5.41, 5.74) is 0. The molecule has 0 aromatic carbocycles. The molecular formula is C6H12N3S+. The first-order valence-corrected chi connectivity index (χ1v) is 4.13. The van der Waals surface area contributed by atoms with Crippen LogP contribution in [0.1, 0.15) is 12.8 Å². The third-order valence-electron chi connectivity index (χ3n) is 2.11. The van der Waals surface area contributed by atoms with Crippen molar-refractivity contribution in [2.24, 2.45) is 0 Å². The molecule has 0 atom stereocenters. The molecule has 0 spiro atoms. The summed E-state index contributed by atoms with van der Waals surface area (Å²) in [5, 5.41) is 7.08. The Morgan fingerprint density at radius 2 is 1.90 bits per heavy atom. The van der Waals surface area contributed by atoms with Gasteiger partial charge >= 0.3 is 0 Å². The van der Waals surface area contributed by atoms with E-state index in [0.29, 0.717) is 0 Å². The summed E-state index contributed by atoms with van der Waals surface area (Å²) in [6.45, 7) is 2.02. The van der Waals surface area contributed by atoms with E-state index in [4.69, 9.17) is 12.2 Å². The van der Waals surface area contributed by atoms with Gasteiger partial charge in [-0.15, -0.1) is 0 Å². The number of hydrogen-bond acceptors (Lipinski definition) is 1. The third-order valence-corrected chi connectivity index (χ3v) is 2.40. The molecule has 0 unspecified atom stereocenters. The second-order valence-corrected chi connectivity index (χ2v) is 3.38. The fourth-order valence-corrected chi connectivity index (χ4v) is 1.44. The average Bonchev–Trinajstić information content (AvgIpc) is 2.71. The molecule has 3 N–H and O–H groups in total. The van der Waals surface area contributed by atoms with Gasteiger partial charge in [0, 0.05) is 12.8 Å². The standard InChI is InChI=1S/C6H11N3S/c10-6-7-3-9(4-8-6)5-1-2-5/h5H,1-4H2,(H2,7,8,10)/p+1. The maximum atomic E-state index is 4.93. The van der Waals surface area contributed by atoms with Crippen molar-refractivity contribution in [3.8, 4) is 0 Å². The predicted octanol–water partition coefficient (Wildman–Crippen LogP) is -1.57. The molecule has 0 aromatic rings. The molecule has 1 saturated heterocycles. The Hall–Kier alpha value is -0.350. The van der Waals surface area contributed by atoms with E-state index >= 15 is 0 Å². The summed E-state index contributed by atoms with van der Waals surface area (Å²) >= 11 is 4.93. The van der Waals surface area contributed by atoms with Gasteiger partial charge < -0.3 is 10.6 Å². The van der Waals surface area contributed by atoms with Crippen molar-refractivity contribution < 1.29 is 4.90 Å². The second kappa shape index (κ2) is 2.36. The summed E-state index contributed by atoms with van der Waals surface area (Å²) in [5.74, 6) is 0. The number of quaternary nitrogens is 1. The molecule has 2 aliphatic rings. The molecule has 0 radical (unpaired) electrons. The molecule has 0 amide bonds. The molecule has 1 aliphatic carbocycles. The molecule has 0 bridgehead atoms. The Labute approximate surface area is 65.8 Å². The van der Waals surface area contributed by atoms with Crippen LogP contribution in [0.15, 0.2) is 0 Å². The van der Waals surface area contributed by atoms with Gasteiger partial charge in [-0.1, -0.05) is 0 Å². The van der Waals surface area contributed by atoms with E-state index in [-0.39, 0.29) is 0 Å². The van der Waals surface area contributed by atoms with Crippen molar-refractivity contribution in [1.82, 2.24) is 10.6 Å². The van der Waals surface area contributed by atoms with Crippen LogP contribution >= 0.6 is 12.2 Å². The third kappa shape index (κ3) is 1.22. The minimum Gasteiger partial charge on any atom is -0.316 e. The van der Waals surface area contributed by atoms with Crippen LogP contribution in [0.5, 0.6) is 0 Å². The van der Waals surface area contributed by atoms with Crippen LogP contribution in [0.3, 0.4) is 0 Å². The topological polar surface area (TPSA) is 28.5 Å². The maximum absolute atomic E-state index is 4.93. The lowest BCUT2D eigenvalue weighted by Gasteiger charge is -2.26. The van der Waals surface area contributed by atoms with E-state index in [2.05, 4.69) is 10.6 Å². The molecule has 1 saturated carbocycles. The lowest BCUT2D eigenvalue weighted by molar-refractivity contribution is -0.917. The monoisotopic (exact) mass is 158 g/mol. The minimum atomic E-state index is 0.810. The first-order valence-electron chi connectivity index (χ1n) is 3.72. The highest BCUT2D eigenvalue weighted by atomic mass is 32.1. The molecular weight excluding hydrogens is 146 g/mol. The van der Waals surface area contributed by atoms with Gasteiger partial charge in [-0.3, -0.25) is 4.90 Å². The van der Waals surface area contributed by atoms with Crippen LogP contribution in [-0.4, -0.2) is 24.5 Å². The predicted molar refractivity (Wildman–Crippen MR) is 42.6 cm³/mol. The zero-order valence-corrected chi connectivity index (χ0v) is 6.63. The molecule has 1 heterocycles. The fourth-order valence-electron chi connectivity index (χ4n) is 1.29. The van der Waals surface area contributed by atoms with Crippen LogP contribution < -0.4 is 15.5 Å². The Morgan fingerprint density at radius 3 is 2.40 bits per heavy atom. The second-order valence-electron chi connectivity index (χ2n) is 2.97. The van der Waals surface area contributed by atoms with Crippen molar-refractivity contribution in [2.75, 3.05) is 13.3 Å². The molecule has 1 aliphatic heterocycles. The fraction of sp³-hybridized carbons (Fsp3) is 0.833. The smallest absolute Gasteiger partial charge is 0.174 e. The molecule has 2 fully saturated rings. The van der Waals surface area contributed by atoms with Gasteiger partial charge in [-0.2, -0.15) is 0 Å². The molecule has 4 heteroatoms. The average molecular weight is 158 g/mol. The normalized spacial score (nSPS) is 27.4. The quantitative estimate of drug-likeness (QED) is 0.403. The Balaban J connectivity index is 1.84. The van der Waals surface area contributed by atoms with E-state index in [9.17, 15) is 0 Å². The highest BCUT2D eigenvalue weighted by Crippen LogP contribution is 2.14. The van der Waals surface area contributed by atoms with E-state index in [1.54, 1.807) is 4.90 Å². The number of thiocarbonyl (C=S) groups is 1. The summed E-state index contributed by atoms with van der Waals surface area (Å²) in [6, 6.07) is 0.906. The summed E-state index contributed by atoms with van der Waals surface area (Å²) in [4.78, 5) is 1.61. The first-order chi connectivity index (χ1) is 4.86. The molecule has 10 heavy (non-hydrogen) atoms. The Morgan fingerprint density at radius 1 is 1.30 bits per heavy atom. The van der Waals surface area contributed by atoms with Crippen molar-refractivity contribution in [2.45, 2.75) is 18.9 Å². The van der Waals surface area contributed by atoms with Gasteiger partial charge in [0.25, 0.3) is 0 Å². The highest BCUT2D eigenvalue weighted by molar-refractivity contribution is 7.80. The van der Waals surface area contributed by atoms with Crippen LogP contribution in [-0.2, 0) is 0 Å². The van der Waals surface area contributed by atoms with Gasteiger partial charge in [0.2, 0.25) is 0 Å². The zero-order valence-electron chi connectivity index (χ0n) is 5.81. The van der Waals surface area contributed by atoms with E-state index in [1.807, 2.05) is 0 Å². The van der Waals surface area contributed by atoms with Crippen molar-refractivity contribution in [3.63, 3.8) is 0 Å². The van der Waals surface area contributed by atoms with Crippen LogP contribution in [0.4, 0.5) is 0 Å². The summed E-state index contributed by atoms with van der Waals surface area (Å²) in [7, 11) is 0.